The molecule has 2 atom stereocenters. The van der Waals surface area contributed by atoms with Gasteiger partial charge in [-0.05, 0) is 12.5 Å². The lowest BCUT2D eigenvalue weighted by molar-refractivity contribution is -0.160. The van der Waals surface area contributed by atoms with Crippen LogP contribution in [0.2, 0.25) is 0 Å². The number of nitrogens with one attached hydrogen (secondary N) is 1. The van der Waals surface area contributed by atoms with Gasteiger partial charge in [-0.3, -0.25) is 14.3 Å². The fourth-order valence-corrected chi connectivity index (χ4v) is 2.90. The summed E-state index contributed by atoms with van der Waals surface area (Å²) in [5.41, 5.74) is 1.67. The molecule has 2 amide bonds. The molecule has 24 heavy (non-hydrogen) atoms. The van der Waals surface area contributed by atoms with E-state index in [4.69, 9.17) is 4.74 Å². The van der Waals surface area contributed by atoms with Crippen LogP contribution in [0.15, 0.2) is 36.4 Å². The molecule has 0 spiro atoms. The number of nitrogens with zero attached hydrogens (tertiary/aromatic N) is 3. The van der Waals surface area contributed by atoms with E-state index in [-0.39, 0.29) is 18.4 Å². The van der Waals surface area contributed by atoms with E-state index in [2.05, 4.69) is 10.4 Å². The smallest absolute Gasteiger partial charge is 0.257 e. The van der Waals surface area contributed by atoms with Gasteiger partial charge in [-0.25, -0.2) is 0 Å². The van der Waals surface area contributed by atoms with Crippen LogP contribution in [0.1, 0.15) is 17.3 Å². The molecule has 2 heterocycles. The molecule has 0 radical (unpaired) electrons. The molecule has 7 nitrogen and oxygen atoms in total. The summed E-state index contributed by atoms with van der Waals surface area (Å²) < 4.78 is 7.18. The Labute approximate surface area is 140 Å². The Morgan fingerprint density at radius 1 is 1.29 bits per heavy atom. The molecule has 0 unspecified atom stereocenters. The Kier molecular flexibility index (Phi) is 4.35. The third-order valence-electron chi connectivity index (χ3n) is 4.14. The molecule has 126 valence electrons. The quantitative estimate of drug-likeness (QED) is 0.920. The molecule has 1 aliphatic rings. The van der Waals surface area contributed by atoms with Crippen molar-refractivity contribution in [3.05, 3.63) is 47.7 Å². The van der Waals surface area contributed by atoms with Crippen LogP contribution in [-0.4, -0.2) is 46.3 Å². The normalized spacial score (nSPS) is 21.0. The number of carbonyl (C=O) groups is 2. The fraction of sp³-hybridized carbons (Fsp3) is 0.353. The number of rotatable bonds is 3. The van der Waals surface area contributed by atoms with E-state index < -0.39 is 12.1 Å². The van der Waals surface area contributed by atoms with E-state index in [0.29, 0.717) is 5.82 Å². The summed E-state index contributed by atoms with van der Waals surface area (Å²) >= 11 is 0. The minimum Gasteiger partial charge on any atom is -0.356 e. The van der Waals surface area contributed by atoms with Crippen LogP contribution in [-0.2, 0) is 21.4 Å². The minimum atomic E-state index is -0.787. The second kappa shape index (κ2) is 6.45. The number of aromatic nitrogens is 2. The number of benzene rings is 1. The highest BCUT2D eigenvalue weighted by Gasteiger charge is 2.40. The molecule has 1 aromatic heterocycles. The fourth-order valence-electron chi connectivity index (χ4n) is 2.90. The molecule has 1 N–H and O–H groups in total. The minimum absolute atomic E-state index is 0.109. The molecular weight excluding hydrogens is 308 g/mol. The van der Waals surface area contributed by atoms with Gasteiger partial charge in [-0.15, -0.1) is 0 Å². The SMILES string of the molecule is Cc1cc(NC(=O)[C@H]2OCC(=O)N(C)[C@@H]2c2ccccc2)n(C)n1. The van der Waals surface area contributed by atoms with Crippen LogP contribution >= 0.6 is 0 Å². The van der Waals surface area contributed by atoms with Crippen molar-refractivity contribution in [2.45, 2.75) is 19.1 Å². The lowest BCUT2D eigenvalue weighted by Crippen LogP contribution is -2.51. The first-order valence-corrected chi connectivity index (χ1v) is 7.71. The second-order valence-corrected chi connectivity index (χ2v) is 5.88. The predicted molar refractivity (Wildman–Crippen MR) is 88.3 cm³/mol. The zero-order valence-electron chi connectivity index (χ0n) is 13.9. The Hall–Kier alpha value is -2.67. The topological polar surface area (TPSA) is 76.5 Å². The van der Waals surface area contributed by atoms with Crippen molar-refractivity contribution in [2.24, 2.45) is 7.05 Å². The first-order chi connectivity index (χ1) is 11.5. The van der Waals surface area contributed by atoms with Crippen molar-refractivity contribution in [3.8, 4) is 0 Å². The number of likely N-dealkylation sites (N-methyl/N-ethyl adjacent to an activating group) is 1. The maximum absolute atomic E-state index is 12.7. The summed E-state index contributed by atoms with van der Waals surface area (Å²) in [7, 11) is 3.45. The van der Waals surface area contributed by atoms with Gasteiger partial charge < -0.3 is 15.0 Å². The number of anilines is 1. The molecule has 1 saturated heterocycles. The highest BCUT2D eigenvalue weighted by Crippen LogP contribution is 2.29. The van der Waals surface area contributed by atoms with E-state index in [0.717, 1.165) is 11.3 Å². The third-order valence-corrected chi connectivity index (χ3v) is 4.14. The number of carbonyl (C=O) groups excluding carboxylic acids is 2. The largest absolute Gasteiger partial charge is 0.356 e. The van der Waals surface area contributed by atoms with Crippen molar-refractivity contribution in [3.63, 3.8) is 0 Å². The average Bonchev–Trinajstić information content (AvgIpc) is 2.88. The van der Waals surface area contributed by atoms with Gasteiger partial charge in [0.1, 0.15) is 12.4 Å². The average molecular weight is 328 g/mol. The second-order valence-electron chi connectivity index (χ2n) is 5.88. The van der Waals surface area contributed by atoms with E-state index in [1.54, 1.807) is 29.7 Å². The molecule has 3 rings (SSSR count). The summed E-state index contributed by atoms with van der Waals surface area (Å²) in [6.07, 6.45) is -0.787. The summed E-state index contributed by atoms with van der Waals surface area (Å²) in [5, 5.41) is 7.04. The van der Waals surface area contributed by atoms with Gasteiger partial charge in [0.05, 0.1) is 11.7 Å². The maximum Gasteiger partial charge on any atom is 0.257 e. The first kappa shape index (κ1) is 16.2. The Balaban J connectivity index is 1.87. The lowest BCUT2D eigenvalue weighted by atomic mass is 9.97. The number of aryl methyl sites for hydroxylation is 2. The zero-order valence-corrected chi connectivity index (χ0v) is 13.9. The van der Waals surface area contributed by atoms with E-state index in [1.165, 1.54) is 0 Å². The zero-order chi connectivity index (χ0) is 17.3. The van der Waals surface area contributed by atoms with Crippen molar-refractivity contribution >= 4 is 17.6 Å². The van der Waals surface area contributed by atoms with Gasteiger partial charge in [0.2, 0.25) is 5.91 Å². The van der Waals surface area contributed by atoms with Crippen LogP contribution in [0.5, 0.6) is 0 Å². The van der Waals surface area contributed by atoms with Gasteiger partial charge in [0.15, 0.2) is 6.10 Å². The Morgan fingerprint density at radius 3 is 2.62 bits per heavy atom. The summed E-state index contributed by atoms with van der Waals surface area (Å²) in [6.45, 7) is 1.74. The van der Waals surface area contributed by atoms with E-state index in [9.17, 15) is 9.59 Å². The lowest BCUT2D eigenvalue weighted by Gasteiger charge is -2.38. The standard InChI is InChI=1S/C17H20N4O3/c1-11-9-13(21(3)19-11)18-17(23)16-15(12-7-5-4-6-8-12)20(2)14(22)10-24-16/h4-9,15-16H,10H2,1-3H3,(H,18,23)/t15-,16+/m1/s1. The van der Waals surface area contributed by atoms with Crippen LogP contribution in [0.4, 0.5) is 5.82 Å². The number of morpholine rings is 1. The molecule has 7 heteroatoms. The van der Waals surface area contributed by atoms with E-state index >= 15 is 0 Å². The molecule has 0 aliphatic carbocycles. The molecule has 0 saturated carbocycles. The Morgan fingerprint density at radius 2 is 2.00 bits per heavy atom. The van der Waals surface area contributed by atoms with Crippen LogP contribution in [0.25, 0.3) is 0 Å². The Bertz CT molecular complexity index is 756. The van der Waals surface area contributed by atoms with Crippen molar-refractivity contribution in [2.75, 3.05) is 19.0 Å². The number of hydrogen-bond donors (Lipinski definition) is 1. The molecule has 1 fully saturated rings. The molecular formula is C17H20N4O3. The molecule has 1 aliphatic heterocycles. The third kappa shape index (κ3) is 3.03. The van der Waals surface area contributed by atoms with Gasteiger partial charge in [0.25, 0.3) is 5.91 Å². The molecule has 0 bridgehead atoms. The predicted octanol–water partition coefficient (Wildman–Crippen LogP) is 1.27. The highest BCUT2D eigenvalue weighted by molar-refractivity contribution is 5.95. The summed E-state index contributed by atoms with van der Waals surface area (Å²) in [6, 6.07) is 10.7. The molecule has 1 aromatic carbocycles. The van der Waals surface area contributed by atoms with Crippen LogP contribution in [0.3, 0.4) is 0 Å². The van der Waals surface area contributed by atoms with Gasteiger partial charge in [-0.1, -0.05) is 30.3 Å². The van der Waals surface area contributed by atoms with Gasteiger partial charge in [-0.2, -0.15) is 5.10 Å². The van der Waals surface area contributed by atoms with Gasteiger partial charge >= 0.3 is 0 Å². The number of ether oxygens (including phenoxy) is 1. The summed E-state index contributed by atoms with van der Waals surface area (Å²) in [5.74, 6) is 0.142. The van der Waals surface area contributed by atoms with Crippen LogP contribution in [0, 0.1) is 6.92 Å². The summed E-state index contributed by atoms with van der Waals surface area (Å²) in [4.78, 5) is 26.3. The van der Waals surface area contributed by atoms with Crippen molar-refractivity contribution in [1.29, 1.82) is 0 Å². The highest BCUT2D eigenvalue weighted by atomic mass is 16.5. The first-order valence-electron chi connectivity index (χ1n) is 7.71. The van der Waals surface area contributed by atoms with Crippen molar-refractivity contribution < 1.29 is 14.3 Å². The van der Waals surface area contributed by atoms with Crippen LogP contribution < -0.4 is 5.32 Å². The van der Waals surface area contributed by atoms with Crippen molar-refractivity contribution in [1.82, 2.24) is 14.7 Å². The number of amides is 2. The van der Waals surface area contributed by atoms with E-state index in [1.807, 2.05) is 37.3 Å². The number of hydrogen-bond acceptors (Lipinski definition) is 4. The monoisotopic (exact) mass is 328 g/mol. The maximum atomic E-state index is 12.7. The molecule has 2 aromatic rings. The van der Waals surface area contributed by atoms with Gasteiger partial charge in [0, 0.05) is 20.2 Å².